The average molecular weight is 377 g/mol. The van der Waals surface area contributed by atoms with Gasteiger partial charge in [-0.3, -0.25) is 0 Å². The quantitative estimate of drug-likeness (QED) is 0.785. The fourth-order valence-electron chi connectivity index (χ4n) is 2.63. The number of hydrogen-bond donors (Lipinski definition) is 0. The van der Waals surface area contributed by atoms with Crippen molar-refractivity contribution in [2.45, 2.75) is 19.5 Å². The van der Waals surface area contributed by atoms with Gasteiger partial charge in [-0.2, -0.15) is 13.2 Å². The van der Waals surface area contributed by atoms with Crippen LogP contribution in [0.2, 0.25) is 5.02 Å². The molecule has 130 valence electrons. The Morgan fingerprint density at radius 3 is 2.50 bits per heavy atom. The highest BCUT2D eigenvalue weighted by atomic mass is 35.5. The molecule has 3 rings (SSSR count). The molecule has 0 aromatic carbocycles. The molecule has 0 saturated carbocycles. The van der Waals surface area contributed by atoms with Crippen LogP contribution in [0.25, 0.3) is 0 Å². The Kier molecular flexibility index (Phi) is 4.87. The van der Waals surface area contributed by atoms with Crippen LogP contribution in [0.4, 0.5) is 24.1 Å². The summed E-state index contributed by atoms with van der Waals surface area (Å²) in [5, 5.41) is 3.01. The summed E-state index contributed by atoms with van der Waals surface area (Å²) in [7, 11) is 0. The number of thiazole rings is 1. The molecule has 0 radical (unpaired) electrons. The summed E-state index contributed by atoms with van der Waals surface area (Å²) < 4.78 is 38.2. The number of aromatic nitrogens is 2. The Labute approximate surface area is 146 Å². The molecule has 24 heavy (non-hydrogen) atoms. The summed E-state index contributed by atoms with van der Waals surface area (Å²) in [6.07, 6.45) is -2.74. The van der Waals surface area contributed by atoms with Crippen molar-refractivity contribution in [1.82, 2.24) is 9.97 Å². The second-order valence-electron chi connectivity index (χ2n) is 5.63. The molecule has 1 saturated heterocycles. The molecule has 0 unspecified atom stereocenters. The van der Waals surface area contributed by atoms with Gasteiger partial charge in [-0.05, 0) is 19.4 Å². The number of halogens is 4. The molecule has 1 aliphatic heterocycles. The summed E-state index contributed by atoms with van der Waals surface area (Å²) >= 11 is 7.65. The summed E-state index contributed by atoms with van der Waals surface area (Å²) in [5.41, 5.74) is 0.162. The summed E-state index contributed by atoms with van der Waals surface area (Å²) in [5.74, 6) is 0.404. The molecule has 0 atom stereocenters. The van der Waals surface area contributed by atoms with E-state index in [9.17, 15) is 13.2 Å². The molecule has 4 nitrogen and oxygen atoms in total. The van der Waals surface area contributed by atoms with Crippen molar-refractivity contribution in [2.24, 2.45) is 0 Å². The van der Waals surface area contributed by atoms with Crippen LogP contribution in [0.3, 0.4) is 0 Å². The highest BCUT2D eigenvalue weighted by molar-refractivity contribution is 7.13. The molecule has 2 aromatic heterocycles. The predicted molar refractivity (Wildman–Crippen MR) is 90.1 cm³/mol. The average Bonchev–Trinajstić information content (AvgIpc) is 2.80. The van der Waals surface area contributed by atoms with E-state index in [0.717, 1.165) is 42.6 Å². The molecule has 0 aliphatic carbocycles. The highest BCUT2D eigenvalue weighted by Gasteiger charge is 2.32. The Hall–Kier alpha value is -1.54. The van der Waals surface area contributed by atoms with E-state index in [4.69, 9.17) is 11.6 Å². The van der Waals surface area contributed by atoms with Gasteiger partial charge in [-0.15, -0.1) is 11.3 Å². The Balaban J connectivity index is 1.74. The van der Waals surface area contributed by atoms with E-state index < -0.39 is 11.7 Å². The smallest absolute Gasteiger partial charge is 0.354 e. The molecule has 1 fully saturated rings. The first-order valence-corrected chi connectivity index (χ1v) is 8.75. The molecular weight excluding hydrogens is 361 g/mol. The number of hydrogen-bond acceptors (Lipinski definition) is 5. The van der Waals surface area contributed by atoms with Crippen LogP contribution < -0.4 is 9.80 Å². The first-order valence-electron chi connectivity index (χ1n) is 7.49. The van der Waals surface area contributed by atoms with Crippen LogP contribution in [0.15, 0.2) is 17.6 Å². The van der Waals surface area contributed by atoms with Crippen LogP contribution in [-0.2, 0) is 6.18 Å². The normalized spacial score (nSPS) is 16.4. The largest absolute Gasteiger partial charge is 0.417 e. The maximum absolute atomic E-state index is 12.7. The van der Waals surface area contributed by atoms with Gasteiger partial charge in [0.05, 0.1) is 16.3 Å². The molecular formula is C15H16ClF3N4S. The highest BCUT2D eigenvalue weighted by Crippen LogP contribution is 2.34. The van der Waals surface area contributed by atoms with Gasteiger partial charge in [0, 0.05) is 37.8 Å². The Morgan fingerprint density at radius 1 is 1.17 bits per heavy atom. The van der Waals surface area contributed by atoms with Gasteiger partial charge >= 0.3 is 6.18 Å². The molecule has 1 aliphatic rings. The first kappa shape index (κ1) is 17.3. The van der Waals surface area contributed by atoms with Crippen LogP contribution in [0.1, 0.15) is 17.7 Å². The summed E-state index contributed by atoms with van der Waals surface area (Å²) in [4.78, 5) is 12.6. The number of nitrogens with zero attached hydrogens (tertiary/aromatic N) is 4. The van der Waals surface area contributed by atoms with Gasteiger partial charge in [0.15, 0.2) is 5.13 Å². The van der Waals surface area contributed by atoms with Crippen LogP contribution in [-0.4, -0.2) is 36.1 Å². The van der Waals surface area contributed by atoms with Gasteiger partial charge in [0.2, 0.25) is 0 Å². The van der Waals surface area contributed by atoms with Crippen molar-refractivity contribution in [3.63, 3.8) is 0 Å². The van der Waals surface area contributed by atoms with Crippen molar-refractivity contribution in [1.29, 1.82) is 0 Å². The number of pyridine rings is 1. The van der Waals surface area contributed by atoms with Crippen molar-refractivity contribution in [3.05, 3.63) is 33.9 Å². The third-order valence-electron chi connectivity index (χ3n) is 3.82. The summed E-state index contributed by atoms with van der Waals surface area (Å²) in [6, 6.07) is 0.941. The zero-order valence-corrected chi connectivity index (χ0v) is 14.5. The molecule has 3 heterocycles. The van der Waals surface area contributed by atoms with E-state index in [-0.39, 0.29) is 5.02 Å². The lowest BCUT2D eigenvalue weighted by Gasteiger charge is -2.23. The monoisotopic (exact) mass is 376 g/mol. The zero-order valence-electron chi connectivity index (χ0n) is 13.0. The SMILES string of the molecule is Cc1csc(N2CCCN(c3ncc(C(F)(F)F)cc3Cl)CC2)n1. The van der Waals surface area contributed by atoms with Crippen molar-refractivity contribution in [2.75, 3.05) is 36.0 Å². The zero-order chi connectivity index (χ0) is 17.3. The van der Waals surface area contributed by atoms with Crippen molar-refractivity contribution < 1.29 is 13.2 Å². The topological polar surface area (TPSA) is 32.3 Å². The lowest BCUT2D eigenvalue weighted by molar-refractivity contribution is -0.137. The minimum atomic E-state index is -4.44. The van der Waals surface area contributed by atoms with Crippen LogP contribution >= 0.6 is 22.9 Å². The first-order chi connectivity index (χ1) is 11.3. The fraction of sp³-hybridized carbons (Fsp3) is 0.467. The standard InChI is InChI=1S/C15H16ClF3N4S/c1-10-9-24-14(21-10)23-4-2-3-22(5-6-23)13-12(16)7-11(8-20-13)15(17,18)19/h7-9H,2-6H2,1H3. The molecule has 0 N–H and O–H groups in total. The molecule has 0 amide bonds. The third-order valence-corrected chi connectivity index (χ3v) is 5.12. The van der Waals surface area contributed by atoms with Crippen LogP contribution in [0, 0.1) is 6.92 Å². The lowest BCUT2D eigenvalue weighted by atomic mass is 10.2. The lowest BCUT2D eigenvalue weighted by Crippen LogP contribution is -2.31. The van der Waals surface area contributed by atoms with E-state index in [0.29, 0.717) is 18.9 Å². The molecule has 2 aromatic rings. The second kappa shape index (κ2) is 6.76. The number of anilines is 2. The minimum Gasteiger partial charge on any atom is -0.354 e. The Morgan fingerprint density at radius 2 is 1.88 bits per heavy atom. The molecule has 9 heteroatoms. The fourth-order valence-corrected chi connectivity index (χ4v) is 3.77. The van der Waals surface area contributed by atoms with Gasteiger partial charge in [-0.1, -0.05) is 11.6 Å². The number of rotatable bonds is 2. The van der Waals surface area contributed by atoms with E-state index in [1.54, 1.807) is 11.3 Å². The van der Waals surface area contributed by atoms with Gasteiger partial charge in [0.1, 0.15) is 5.82 Å². The predicted octanol–water partition coefficient (Wildman–Crippen LogP) is 4.24. The van der Waals surface area contributed by atoms with Crippen LogP contribution in [0.5, 0.6) is 0 Å². The second-order valence-corrected chi connectivity index (χ2v) is 6.87. The van der Waals surface area contributed by atoms with E-state index in [2.05, 4.69) is 14.9 Å². The van der Waals surface area contributed by atoms with Gasteiger partial charge in [-0.25, -0.2) is 9.97 Å². The van der Waals surface area contributed by atoms with Gasteiger partial charge in [0.25, 0.3) is 0 Å². The van der Waals surface area contributed by atoms with E-state index in [1.165, 1.54) is 0 Å². The third kappa shape index (κ3) is 3.75. The molecule has 0 spiro atoms. The number of alkyl halides is 3. The maximum atomic E-state index is 12.7. The molecule has 0 bridgehead atoms. The van der Waals surface area contributed by atoms with Crippen molar-refractivity contribution in [3.8, 4) is 0 Å². The minimum absolute atomic E-state index is 0.0309. The summed E-state index contributed by atoms with van der Waals surface area (Å²) in [6.45, 7) is 4.86. The van der Waals surface area contributed by atoms with Gasteiger partial charge < -0.3 is 9.80 Å². The number of aryl methyl sites for hydroxylation is 1. The van der Waals surface area contributed by atoms with Crippen molar-refractivity contribution >= 4 is 33.9 Å². The maximum Gasteiger partial charge on any atom is 0.417 e. The Bertz CT molecular complexity index is 719. The van der Waals surface area contributed by atoms with E-state index >= 15 is 0 Å². The van der Waals surface area contributed by atoms with E-state index in [1.807, 2.05) is 17.2 Å².